The number of benzene rings is 1. The number of para-hydroxylation sites is 1. The smallest absolute Gasteiger partial charge is 0.326 e. The molecule has 36 heavy (non-hydrogen) atoms. The van der Waals surface area contributed by atoms with Crippen LogP contribution in [0.1, 0.15) is 25.3 Å². The molecule has 0 saturated carbocycles. The number of hydrogen-bond donors (Lipinski definition) is 6. The first-order valence-electron chi connectivity index (χ1n) is 11.6. The molecular weight excluding hydrogens is 502 g/mol. The van der Waals surface area contributed by atoms with Gasteiger partial charge in [0.25, 0.3) is 0 Å². The lowest BCUT2D eigenvalue weighted by atomic mass is 10.0. The number of thioether (sulfide) groups is 2. The highest BCUT2D eigenvalue weighted by atomic mass is 32.2. The largest absolute Gasteiger partial charge is 0.480 e. The Kier molecular flexibility index (Phi) is 12.1. The van der Waals surface area contributed by atoms with Crippen LogP contribution in [0.25, 0.3) is 10.9 Å². The average Bonchev–Trinajstić information content (AvgIpc) is 3.26. The van der Waals surface area contributed by atoms with Gasteiger partial charge in [-0.25, -0.2) is 4.79 Å². The van der Waals surface area contributed by atoms with Gasteiger partial charge in [0.2, 0.25) is 17.7 Å². The fraction of sp³-hybridized carbons (Fsp3) is 0.500. The number of amides is 3. The summed E-state index contributed by atoms with van der Waals surface area (Å²) in [7, 11) is 0. The van der Waals surface area contributed by atoms with Crippen molar-refractivity contribution < 1.29 is 24.3 Å². The molecule has 0 aliphatic rings. The van der Waals surface area contributed by atoms with Crippen molar-refractivity contribution in [2.45, 2.75) is 50.4 Å². The Hall–Kier alpha value is -2.70. The highest BCUT2D eigenvalue weighted by Crippen LogP contribution is 2.19. The molecule has 0 saturated heterocycles. The second kappa shape index (κ2) is 14.8. The summed E-state index contributed by atoms with van der Waals surface area (Å²) < 4.78 is 0. The van der Waals surface area contributed by atoms with Crippen molar-refractivity contribution in [3.05, 3.63) is 36.0 Å². The normalized spacial score (nSPS) is 14.4. The van der Waals surface area contributed by atoms with Crippen molar-refractivity contribution in [3.63, 3.8) is 0 Å². The molecule has 10 nitrogen and oxygen atoms in total. The minimum Gasteiger partial charge on any atom is -0.480 e. The van der Waals surface area contributed by atoms with Crippen LogP contribution in [-0.4, -0.2) is 82.0 Å². The Morgan fingerprint density at radius 2 is 1.58 bits per heavy atom. The number of aromatic amines is 1. The lowest BCUT2D eigenvalue weighted by Gasteiger charge is -2.23. The van der Waals surface area contributed by atoms with Crippen molar-refractivity contribution in [1.29, 1.82) is 0 Å². The summed E-state index contributed by atoms with van der Waals surface area (Å²) in [6.07, 6.45) is 6.45. The number of fused-ring (bicyclic) bond motifs is 1. The predicted molar refractivity (Wildman–Crippen MR) is 145 cm³/mol. The SMILES string of the molecule is CSCCC(N)C(=O)NC(CCSC)C(=O)NC(C)C(=O)NC(Cc1c[nH]c2ccccc12)C(=O)O. The number of H-pyrrole nitrogens is 1. The Morgan fingerprint density at radius 3 is 2.25 bits per heavy atom. The van der Waals surface area contributed by atoms with Crippen LogP contribution in [0.5, 0.6) is 0 Å². The molecule has 3 amide bonds. The molecule has 0 aliphatic heterocycles. The molecule has 198 valence electrons. The number of rotatable bonds is 15. The fourth-order valence-electron chi connectivity index (χ4n) is 3.56. The van der Waals surface area contributed by atoms with E-state index in [1.54, 1.807) is 18.0 Å². The summed E-state index contributed by atoms with van der Waals surface area (Å²) in [4.78, 5) is 53.0. The van der Waals surface area contributed by atoms with Crippen molar-refractivity contribution in [3.8, 4) is 0 Å². The molecule has 1 aromatic heterocycles. The van der Waals surface area contributed by atoms with Gasteiger partial charge >= 0.3 is 5.97 Å². The van der Waals surface area contributed by atoms with Gasteiger partial charge in [0.05, 0.1) is 6.04 Å². The standard InChI is InChI=1S/C24H35N5O5S2/c1-14(27-23(32)19(9-11-36-3)28-22(31)17(25)8-10-35-2)21(30)29-20(24(33)34)12-15-13-26-18-7-5-4-6-16(15)18/h4-7,13-14,17,19-20,26H,8-12,25H2,1-3H3,(H,27,32)(H,28,31)(H,29,30)(H,33,34). The van der Waals surface area contributed by atoms with Crippen LogP contribution < -0.4 is 21.7 Å². The molecule has 0 fully saturated rings. The van der Waals surface area contributed by atoms with Gasteiger partial charge in [-0.3, -0.25) is 14.4 Å². The van der Waals surface area contributed by atoms with Crippen molar-refractivity contribution in [1.82, 2.24) is 20.9 Å². The third-order valence-electron chi connectivity index (χ3n) is 5.68. The first kappa shape index (κ1) is 29.5. The third kappa shape index (κ3) is 8.75. The van der Waals surface area contributed by atoms with Crippen LogP contribution in [0, 0.1) is 0 Å². The van der Waals surface area contributed by atoms with E-state index < -0.39 is 47.9 Å². The lowest BCUT2D eigenvalue weighted by Crippen LogP contribution is -2.56. The minimum atomic E-state index is -1.18. The lowest BCUT2D eigenvalue weighted by molar-refractivity contribution is -0.142. The summed E-state index contributed by atoms with van der Waals surface area (Å²) in [5, 5.41) is 18.3. The fourth-order valence-corrected chi connectivity index (χ4v) is 4.52. The molecule has 4 atom stereocenters. The summed E-state index contributed by atoms with van der Waals surface area (Å²) in [5.41, 5.74) is 7.55. The Bertz CT molecular complexity index is 1050. The van der Waals surface area contributed by atoms with Crippen molar-refractivity contribution in [2.24, 2.45) is 5.73 Å². The predicted octanol–water partition coefficient (Wildman–Crippen LogP) is 1.10. The van der Waals surface area contributed by atoms with Gasteiger partial charge in [0.1, 0.15) is 18.1 Å². The molecule has 7 N–H and O–H groups in total. The molecule has 0 aliphatic carbocycles. The van der Waals surface area contributed by atoms with E-state index in [4.69, 9.17) is 5.73 Å². The van der Waals surface area contributed by atoms with E-state index in [9.17, 15) is 24.3 Å². The summed E-state index contributed by atoms with van der Waals surface area (Å²) in [6, 6.07) is 3.70. The minimum absolute atomic E-state index is 0.0755. The number of carboxylic acids is 1. The zero-order valence-corrected chi connectivity index (χ0v) is 22.3. The number of carboxylic acid groups (broad SMARTS) is 1. The zero-order chi connectivity index (χ0) is 26.7. The molecule has 12 heteroatoms. The van der Waals surface area contributed by atoms with Gasteiger partial charge in [0, 0.05) is 23.5 Å². The molecule has 2 rings (SSSR count). The Labute approximate surface area is 219 Å². The molecule has 2 aromatic rings. The van der Waals surface area contributed by atoms with E-state index in [-0.39, 0.29) is 6.42 Å². The van der Waals surface area contributed by atoms with Crippen LogP contribution in [0.2, 0.25) is 0 Å². The quantitative estimate of drug-likeness (QED) is 0.196. The maximum Gasteiger partial charge on any atom is 0.326 e. The van der Waals surface area contributed by atoms with Gasteiger partial charge in [0.15, 0.2) is 0 Å². The summed E-state index contributed by atoms with van der Waals surface area (Å²) >= 11 is 3.10. The van der Waals surface area contributed by atoms with Crippen LogP contribution in [0.3, 0.4) is 0 Å². The van der Waals surface area contributed by atoms with Crippen LogP contribution >= 0.6 is 23.5 Å². The highest BCUT2D eigenvalue weighted by Gasteiger charge is 2.28. The van der Waals surface area contributed by atoms with Crippen LogP contribution in [-0.2, 0) is 25.6 Å². The maximum absolute atomic E-state index is 12.9. The topological polar surface area (TPSA) is 166 Å². The highest BCUT2D eigenvalue weighted by molar-refractivity contribution is 7.98. The number of carbonyl (C=O) groups excluding carboxylic acids is 3. The first-order valence-corrected chi connectivity index (χ1v) is 14.4. The van der Waals surface area contributed by atoms with E-state index in [0.717, 1.165) is 22.2 Å². The van der Waals surface area contributed by atoms with Gasteiger partial charge < -0.3 is 31.8 Å². The Balaban J connectivity index is 2.00. The number of nitrogens with one attached hydrogen (secondary N) is 4. The van der Waals surface area contributed by atoms with E-state index in [1.807, 2.05) is 36.8 Å². The van der Waals surface area contributed by atoms with Gasteiger partial charge in [-0.1, -0.05) is 18.2 Å². The number of aliphatic carboxylic acids is 1. The molecule has 1 heterocycles. The van der Waals surface area contributed by atoms with E-state index in [1.165, 1.54) is 18.7 Å². The van der Waals surface area contributed by atoms with E-state index in [0.29, 0.717) is 18.6 Å². The molecular formula is C24H35N5O5S2. The zero-order valence-electron chi connectivity index (χ0n) is 20.7. The summed E-state index contributed by atoms with van der Waals surface area (Å²) in [6.45, 7) is 1.47. The number of aromatic nitrogens is 1. The van der Waals surface area contributed by atoms with Gasteiger partial charge in [-0.05, 0) is 55.4 Å². The number of hydrogen-bond acceptors (Lipinski definition) is 7. The van der Waals surface area contributed by atoms with Crippen LogP contribution in [0.15, 0.2) is 30.5 Å². The second-order valence-corrected chi connectivity index (χ2v) is 10.4. The average molecular weight is 538 g/mol. The second-order valence-electron chi connectivity index (χ2n) is 8.42. The van der Waals surface area contributed by atoms with Crippen LogP contribution in [0.4, 0.5) is 0 Å². The Morgan fingerprint density at radius 1 is 0.944 bits per heavy atom. The van der Waals surface area contributed by atoms with E-state index >= 15 is 0 Å². The van der Waals surface area contributed by atoms with Gasteiger partial charge in [-0.15, -0.1) is 0 Å². The molecule has 0 radical (unpaired) electrons. The monoisotopic (exact) mass is 537 g/mol. The molecule has 0 bridgehead atoms. The van der Waals surface area contributed by atoms with Crippen molar-refractivity contribution in [2.75, 3.05) is 24.0 Å². The van der Waals surface area contributed by atoms with E-state index in [2.05, 4.69) is 20.9 Å². The van der Waals surface area contributed by atoms with Gasteiger partial charge in [-0.2, -0.15) is 23.5 Å². The molecule has 0 spiro atoms. The number of nitrogens with two attached hydrogens (primary N) is 1. The summed E-state index contributed by atoms with van der Waals surface area (Å²) in [5.74, 6) is -1.44. The maximum atomic E-state index is 12.9. The molecule has 1 aromatic carbocycles. The molecule has 4 unspecified atom stereocenters. The number of carbonyl (C=O) groups is 4. The first-order chi connectivity index (χ1) is 17.2. The third-order valence-corrected chi connectivity index (χ3v) is 6.97. The van der Waals surface area contributed by atoms with Crippen molar-refractivity contribution >= 4 is 58.1 Å².